The van der Waals surface area contributed by atoms with Crippen molar-refractivity contribution in [1.29, 1.82) is 0 Å². The first-order chi connectivity index (χ1) is 7.62. The highest BCUT2D eigenvalue weighted by Crippen LogP contribution is 2.55. The average molecular weight is 227 g/mol. The Labute approximate surface area is 98.4 Å². The van der Waals surface area contributed by atoms with Gasteiger partial charge in [0.2, 0.25) is 0 Å². The van der Waals surface area contributed by atoms with Crippen molar-refractivity contribution in [2.45, 2.75) is 70.2 Å². The Morgan fingerprint density at radius 1 is 1.44 bits per heavy atom. The predicted molar refractivity (Wildman–Crippen MR) is 64.1 cm³/mol. The number of aliphatic hydroxyl groups is 1. The number of rotatable bonds is 5. The van der Waals surface area contributed by atoms with Gasteiger partial charge in [-0.3, -0.25) is 0 Å². The Bertz CT molecular complexity index is 258. The number of fused-ring (bicyclic) bond motifs is 2. The minimum Gasteiger partial charge on any atom is -0.389 e. The van der Waals surface area contributed by atoms with Crippen molar-refractivity contribution in [1.82, 2.24) is 0 Å². The molecule has 4 atom stereocenters. The fourth-order valence-corrected chi connectivity index (χ4v) is 3.89. The summed E-state index contributed by atoms with van der Waals surface area (Å²) in [6, 6.07) is 0. The van der Waals surface area contributed by atoms with Crippen molar-refractivity contribution in [3.8, 4) is 0 Å². The van der Waals surface area contributed by atoms with Crippen LogP contribution in [0.3, 0.4) is 0 Å². The molecule has 0 aromatic carbocycles. The summed E-state index contributed by atoms with van der Waals surface area (Å²) in [6.07, 6.45) is 6.36. The highest BCUT2D eigenvalue weighted by atomic mass is 16.5. The molecule has 16 heavy (non-hydrogen) atoms. The largest absolute Gasteiger partial charge is 0.389 e. The first-order valence-electron chi connectivity index (χ1n) is 6.70. The van der Waals surface area contributed by atoms with E-state index in [0.29, 0.717) is 12.6 Å². The van der Waals surface area contributed by atoms with Crippen molar-refractivity contribution in [3.05, 3.63) is 0 Å². The van der Waals surface area contributed by atoms with Gasteiger partial charge in [0, 0.05) is 12.0 Å². The van der Waals surface area contributed by atoms with Crippen LogP contribution in [0.2, 0.25) is 0 Å². The molecule has 2 heterocycles. The van der Waals surface area contributed by atoms with Crippen LogP contribution in [0.15, 0.2) is 0 Å². The van der Waals surface area contributed by atoms with E-state index in [-0.39, 0.29) is 11.5 Å². The summed E-state index contributed by atoms with van der Waals surface area (Å²) < 4.78 is 5.93. The highest BCUT2D eigenvalue weighted by molar-refractivity contribution is 5.11. The molecule has 3 nitrogen and oxygen atoms in total. The van der Waals surface area contributed by atoms with Crippen LogP contribution in [0.5, 0.6) is 0 Å². The molecule has 2 rings (SSSR count). The molecular weight excluding hydrogens is 202 g/mol. The molecule has 94 valence electrons. The fraction of sp³-hybridized carbons (Fsp3) is 1.00. The first kappa shape index (κ1) is 12.3. The van der Waals surface area contributed by atoms with E-state index in [1.807, 2.05) is 0 Å². The van der Waals surface area contributed by atoms with E-state index in [9.17, 15) is 5.11 Å². The molecule has 2 bridgehead atoms. The topological polar surface area (TPSA) is 55.5 Å². The third-order valence-corrected chi connectivity index (χ3v) is 4.86. The Kier molecular flexibility index (Phi) is 3.30. The van der Waals surface area contributed by atoms with E-state index < -0.39 is 5.60 Å². The average Bonchev–Trinajstić information content (AvgIpc) is 2.89. The number of nitrogens with two attached hydrogens (primary N) is 1. The van der Waals surface area contributed by atoms with Crippen LogP contribution < -0.4 is 5.73 Å². The zero-order valence-corrected chi connectivity index (χ0v) is 10.5. The quantitative estimate of drug-likeness (QED) is 0.753. The molecule has 0 spiro atoms. The minimum atomic E-state index is -0.629. The van der Waals surface area contributed by atoms with E-state index in [2.05, 4.69) is 13.8 Å². The van der Waals surface area contributed by atoms with Crippen LogP contribution in [-0.4, -0.2) is 29.5 Å². The van der Waals surface area contributed by atoms with Gasteiger partial charge in [0.05, 0.1) is 17.8 Å². The maximum Gasteiger partial charge on any atom is 0.0738 e. The van der Waals surface area contributed by atoms with Gasteiger partial charge in [0.25, 0.3) is 0 Å². The second-order valence-corrected chi connectivity index (χ2v) is 5.52. The minimum absolute atomic E-state index is 0.180. The fourth-order valence-electron chi connectivity index (χ4n) is 3.89. The van der Waals surface area contributed by atoms with Crippen LogP contribution in [0, 0.1) is 5.41 Å². The number of hydrogen-bond donors (Lipinski definition) is 2. The Morgan fingerprint density at radius 2 is 2.19 bits per heavy atom. The molecular formula is C13H25NO2. The van der Waals surface area contributed by atoms with Crippen LogP contribution >= 0.6 is 0 Å². The molecule has 0 radical (unpaired) electrons. The predicted octanol–water partition coefficient (Wildman–Crippen LogP) is 1.82. The molecule has 3 heteroatoms. The van der Waals surface area contributed by atoms with Crippen LogP contribution in [0.1, 0.15) is 52.4 Å². The molecule has 2 fully saturated rings. The molecule has 4 unspecified atom stereocenters. The molecule has 0 amide bonds. The molecule has 0 aromatic heterocycles. The van der Waals surface area contributed by atoms with Crippen molar-refractivity contribution >= 4 is 0 Å². The Balaban J connectivity index is 2.26. The van der Waals surface area contributed by atoms with Crippen molar-refractivity contribution < 1.29 is 9.84 Å². The van der Waals surface area contributed by atoms with E-state index >= 15 is 0 Å². The van der Waals surface area contributed by atoms with Crippen LogP contribution in [0.4, 0.5) is 0 Å². The number of ether oxygens (including phenoxy) is 1. The SMILES string of the molecule is CCCC(O)(CC)C1(CN)CC2CCC1O2. The van der Waals surface area contributed by atoms with Crippen molar-refractivity contribution in [2.24, 2.45) is 11.1 Å². The molecule has 0 saturated carbocycles. The summed E-state index contributed by atoms with van der Waals surface area (Å²) in [5.74, 6) is 0. The summed E-state index contributed by atoms with van der Waals surface area (Å²) >= 11 is 0. The lowest BCUT2D eigenvalue weighted by Crippen LogP contribution is -2.57. The summed E-state index contributed by atoms with van der Waals surface area (Å²) in [7, 11) is 0. The molecule has 0 aliphatic carbocycles. The smallest absolute Gasteiger partial charge is 0.0738 e. The third-order valence-electron chi connectivity index (χ3n) is 4.86. The van der Waals surface area contributed by atoms with E-state index in [4.69, 9.17) is 10.5 Å². The lowest BCUT2D eigenvalue weighted by Gasteiger charge is -2.48. The van der Waals surface area contributed by atoms with Crippen molar-refractivity contribution in [2.75, 3.05) is 6.54 Å². The standard InChI is InChI=1S/C13H25NO2/c1-3-7-13(15,4-2)12(9-14)8-10-5-6-11(12)16-10/h10-11,15H,3-9,14H2,1-2H3. The molecule has 2 aliphatic heterocycles. The first-order valence-corrected chi connectivity index (χ1v) is 6.70. The van der Waals surface area contributed by atoms with Crippen molar-refractivity contribution in [3.63, 3.8) is 0 Å². The zero-order valence-electron chi connectivity index (χ0n) is 10.5. The Hall–Kier alpha value is -0.120. The molecule has 3 N–H and O–H groups in total. The second-order valence-electron chi connectivity index (χ2n) is 5.52. The van der Waals surface area contributed by atoms with Gasteiger partial charge < -0.3 is 15.6 Å². The summed E-state index contributed by atoms with van der Waals surface area (Å²) in [5, 5.41) is 10.9. The normalized spacial score (nSPS) is 41.2. The van der Waals surface area contributed by atoms with Gasteiger partial charge in [-0.25, -0.2) is 0 Å². The number of hydrogen-bond acceptors (Lipinski definition) is 3. The summed E-state index contributed by atoms with van der Waals surface area (Å²) in [5.41, 5.74) is 5.20. The van der Waals surface area contributed by atoms with Gasteiger partial charge in [-0.1, -0.05) is 20.3 Å². The lowest BCUT2D eigenvalue weighted by molar-refractivity contribution is -0.119. The molecule has 2 saturated heterocycles. The van der Waals surface area contributed by atoms with Gasteiger partial charge in [-0.05, 0) is 32.1 Å². The highest BCUT2D eigenvalue weighted by Gasteiger charge is 2.60. The summed E-state index contributed by atoms with van der Waals surface area (Å²) in [4.78, 5) is 0. The van der Waals surface area contributed by atoms with Crippen LogP contribution in [-0.2, 0) is 4.74 Å². The monoisotopic (exact) mass is 227 g/mol. The Morgan fingerprint density at radius 3 is 2.56 bits per heavy atom. The van der Waals surface area contributed by atoms with Gasteiger partial charge in [-0.2, -0.15) is 0 Å². The molecule has 0 aromatic rings. The summed E-state index contributed by atoms with van der Waals surface area (Å²) in [6.45, 7) is 4.75. The van der Waals surface area contributed by atoms with E-state index in [1.54, 1.807) is 0 Å². The maximum absolute atomic E-state index is 10.9. The van der Waals surface area contributed by atoms with E-state index in [0.717, 1.165) is 38.5 Å². The zero-order chi connectivity index (χ0) is 11.8. The maximum atomic E-state index is 10.9. The van der Waals surface area contributed by atoms with E-state index in [1.165, 1.54) is 0 Å². The van der Waals surface area contributed by atoms with Crippen LogP contribution in [0.25, 0.3) is 0 Å². The molecule has 2 aliphatic rings. The van der Waals surface area contributed by atoms with Gasteiger partial charge in [0.15, 0.2) is 0 Å². The lowest BCUT2D eigenvalue weighted by atomic mass is 9.60. The van der Waals surface area contributed by atoms with Gasteiger partial charge in [-0.15, -0.1) is 0 Å². The second kappa shape index (κ2) is 4.28. The third kappa shape index (κ3) is 1.52. The van der Waals surface area contributed by atoms with Gasteiger partial charge >= 0.3 is 0 Å². The van der Waals surface area contributed by atoms with Gasteiger partial charge in [0.1, 0.15) is 0 Å².